The summed E-state index contributed by atoms with van der Waals surface area (Å²) in [5.41, 5.74) is 1.30. The van der Waals surface area contributed by atoms with E-state index in [9.17, 15) is 9.90 Å². The Balaban J connectivity index is 1.92. The maximum atomic E-state index is 12.4. The maximum Gasteiger partial charge on any atom is 0.275 e. The van der Waals surface area contributed by atoms with Crippen LogP contribution >= 0.6 is 0 Å². The van der Waals surface area contributed by atoms with E-state index in [0.717, 1.165) is 23.7 Å². The van der Waals surface area contributed by atoms with E-state index in [-0.39, 0.29) is 5.91 Å². The summed E-state index contributed by atoms with van der Waals surface area (Å²) in [7, 11) is 0. The second-order valence-corrected chi connectivity index (χ2v) is 4.67. The molecule has 1 fully saturated rings. The molecule has 0 unspecified atom stereocenters. The first-order valence-electron chi connectivity index (χ1n) is 6.16. The summed E-state index contributed by atoms with van der Waals surface area (Å²) in [4.78, 5) is 14.0. The lowest BCUT2D eigenvalue weighted by Crippen LogP contribution is -2.42. The zero-order valence-corrected chi connectivity index (χ0v) is 9.97. The second-order valence-electron chi connectivity index (χ2n) is 4.67. The fraction of sp³-hybridized carbons (Fsp3) is 0.385. The number of hydrogen-bond acceptors (Lipinski definition) is 3. The third-order valence-electron chi connectivity index (χ3n) is 3.36. The number of nitrogens with one attached hydrogen (secondary N) is 1. The Kier molecular flexibility index (Phi) is 2.76. The molecule has 2 N–H and O–H groups in total. The van der Waals surface area contributed by atoms with Gasteiger partial charge in [-0.3, -0.25) is 9.89 Å². The average molecular weight is 245 g/mol. The van der Waals surface area contributed by atoms with Gasteiger partial charge in [-0.15, -0.1) is 0 Å². The standard InChI is InChI=1S/C13H15N3O2/c17-9-4-3-7-16(8-9)13(18)12-10-5-1-2-6-11(10)14-15-12/h1-2,5-6,9,17H,3-4,7-8H2,(H,14,15)/t9-/m0/s1. The largest absolute Gasteiger partial charge is 0.391 e. The molecule has 0 aliphatic carbocycles. The van der Waals surface area contributed by atoms with E-state index < -0.39 is 6.10 Å². The minimum atomic E-state index is -0.409. The summed E-state index contributed by atoms with van der Waals surface area (Å²) in [6.45, 7) is 1.09. The van der Waals surface area contributed by atoms with E-state index >= 15 is 0 Å². The summed E-state index contributed by atoms with van der Waals surface area (Å²) in [5, 5.41) is 17.4. The average Bonchev–Trinajstić information content (AvgIpc) is 2.82. The number of aliphatic hydroxyl groups is 1. The number of H-pyrrole nitrogens is 1. The fourth-order valence-electron chi connectivity index (χ4n) is 2.42. The Labute approximate surface area is 104 Å². The molecular formula is C13H15N3O2. The van der Waals surface area contributed by atoms with Gasteiger partial charge in [-0.1, -0.05) is 18.2 Å². The Bertz CT molecular complexity index is 578. The van der Waals surface area contributed by atoms with Gasteiger partial charge in [0.05, 0.1) is 11.6 Å². The third kappa shape index (κ3) is 1.86. The van der Waals surface area contributed by atoms with E-state index in [2.05, 4.69) is 10.2 Å². The van der Waals surface area contributed by atoms with Crippen LogP contribution in [-0.4, -0.2) is 45.3 Å². The first-order valence-corrected chi connectivity index (χ1v) is 6.16. The Morgan fingerprint density at radius 2 is 2.28 bits per heavy atom. The summed E-state index contributed by atoms with van der Waals surface area (Å²) >= 11 is 0. The van der Waals surface area contributed by atoms with Gasteiger partial charge in [0.2, 0.25) is 0 Å². The number of nitrogens with zero attached hydrogens (tertiary/aromatic N) is 2. The lowest BCUT2D eigenvalue weighted by Gasteiger charge is -2.29. The topological polar surface area (TPSA) is 69.2 Å². The van der Waals surface area contributed by atoms with Crippen molar-refractivity contribution in [2.75, 3.05) is 13.1 Å². The van der Waals surface area contributed by atoms with Crippen LogP contribution in [0.5, 0.6) is 0 Å². The van der Waals surface area contributed by atoms with Crippen LogP contribution in [0.25, 0.3) is 10.9 Å². The number of para-hydroxylation sites is 1. The van der Waals surface area contributed by atoms with Crippen LogP contribution < -0.4 is 0 Å². The van der Waals surface area contributed by atoms with Crippen LogP contribution in [0.4, 0.5) is 0 Å². The molecule has 1 aliphatic heterocycles. The van der Waals surface area contributed by atoms with Gasteiger partial charge in [-0.05, 0) is 18.9 Å². The number of carbonyl (C=O) groups excluding carboxylic acids is 1. The molecule has 2 heterocycles. The Morgan fingerprint density at radius 3 is 3.11 bits per heavy atom. The van der Waals surface area contributed by atoms with Gasteiger partial charge in [0, 0.05) is 18.5 Å². The number of aromatic amines is 1. The predicted octanol–water partition coefficient (Wildman–Crippen LogP) is 1.16. The van der Waals surface area contributed by atoms with Crippen molar-refractivity contribution in [2.24, 2.45) is 0 Å². The highest BCUT2D eigenvalue weighted by Crippen LogP contribution is 2.19. The number of rotatable bonds is 1. The number of hydrogen-bond donors (Lipinski definition) is 2. The van der Waals surface area contributed by atoms with Gasteiger partial charge in [0.1, 0.15) is 0 Å². The minimum absolute atomic E-state index is 0.105. The zero-order chi connectivity index (χ0) is 12.5. The fourth-order valence-corrected chi connectivity index (χ4v) is 2.42. The van der Waals surface area contributed by atoms with Crippen molar-refractivity contribution >= 4 is 16.8 Å². The number of β-amino-alcohol motifs (C(OH)–C–C–N with tert-alkyl or cyclic N) is 1. The molecule has 5 nitrogen and oxygen atoms in total. The van der Waals surface area contributed by atoms with Crippen LogP contribution in [0.3, 0.4) is 0 Å². The molecule has 0 saturated carbocycles. The van der Waals surface area contributed by atoms with Crippen LogP contribution in [0, 0.1) is 0 Å². The number of fused-ring (bicyclic) bond motifs is 1. The van der Waals surface area contributed by atoms with Gasteiger partial charge in [-0.2, -0.15) is 5.10 Å². The number of piperidine rings is 1. The highest BCUT2D eigenvalue weighted by molar-refractivity contribution is 6.04. The van der Waals surface area contributed by atoms with Crippen molar-refractivity contribution in [3.63, 3.8) is 0 Å². The smallest absolute Gasteiger partial charge is 0.275 e. The normalized spacial score (nSPS) is 20.3. The summed E-state index contributed by atoms with van der Waals surface area (Å²) in [6.07, 6.45) is 1.20. The zero-order valence-electron chi connectivity index (χ0n) is 9.97. The number of benzene rings is 1. The number of likely N-dealkylation sites (tertiary alicyclic amines) is 1. The Hall–Kier alpha value is -1.88. The predicted molar refractivity (Wildman–Crippen MR) is 67.2 cm³/mol. The number of aliphatic hydroxyl groups excluding tert-OH is 1. The molecule has 0 bridgehead atoms. The molecule has 0 radical (unpaired) electrons. The quantitative estimate of drug-likeness (QED) is 0.792. The van der Waals surface area contributed by atoms with Crippen molar-refractivity contribution in [2.45, 2.75) is 18.9 Å². The number of aromatic nitrogens is 2. The first kappa shape index (κ1) is 11.2. The SMILES string of the molecule is O=C(c1n[nH]c2ccccc12)N1CCC[C@H](O)C1. The highest BCUT2D eigenvalue weighted by atomic mass is 16.3. The molecule has 18 heavy (non-hydrogen) atoms. The Morgan fingerprint density at radius 1 is 1.44 bits per heavy atom. The molecule has 5 heteroatoms. The van der Waals surface area contributed by atoms with Crippen molar-refractivity contribution in [3.8, 4) is 0 Å². The van der Waals surface area contributed by atoms with Crippen LogP contribution in [-0.2, 0) is 0 Å². The molecule has 2 aromatic rings. The molecule has 94 valence electrons. The van der Waals surface area contributed by atoms with E-state index in [1.54, 1.807) is 4.90 Å². The van der Waals surface area contributed by atoms with Gasteiger partial charge in [-0.25, -0.2) is 0 Å². The lowest BCUT2D eigenvalue weighted by atomic mass is 10.1. The van der Waals surface area contributed by atoms with Gasteiger partial charge in [0.25, 0.3) is 5.91 Å². The summed E-state index contributed by atoms with van der Waals surface area (Å²) in [6, 6.07) is 7.57. The van der Waals surface area contributed by atoms with Crippen molar-refractivity contribution in [1.29, 1.82) is 0 Å². The monoisotopic (exact) mass is 245 g/mol. The first-order chi connectivity index (χ1) is 8.75. The molecule has 0 spiro atoms. The van der Waals surface area contributed by atoms with Crippen molar-refractivity contribution in [1.82, 2.24) is 15.1 Å². The van der Waals surface area contributed by atoms with Crippen molar-refractivity contribution < 1.29 is 9.90 Å². The molecule has 1 saturated heterocycles. The van der Waals surface area contributed by atoms with Crippen LogP contribution in [0.2, 0.25) is 0 Å². The van der Waals surface area contributed by atoms with Crippen LogP contribution in [0.1, 0.15) is 23.3 Å². The molecular weight excluding hydrogens is 230 g/mol. The third-order valence-corrected chi connectivity index (χ3v) is 3.36. The number of carbonyl (C=O) groups is 1. The van der Waals surface area contributed by atoms with E-state index in [1.807, 2.05) is 24.3 Å². The molecule has 3 rings (SSSR count). The lowest BCUT2D eigenvalue weighted by molar-refractivity contribution is 0.0470. The molecule has 1 aliphatic rings. The number of amides is 1. The van der Waals surface area contributed by atoms with Crippen molar-refractivity contribution in [3.05, 3.63) is 30.0 Å². The summed E-state index contributed by atoms with van der Waals surface area (Å²) in [5.74, 6) is -0.105. The summed E-state index contributed by atoms with van der Waals surface area (Å²) < 4.78 is 0. The second kappa shape index (κ2) is 4.42. The molecule has 1 amide bonds. The van der Waals surface area contributed by atoms with E-state index in [0.29, 0.717) is 18.8 Å². The molecule has 1 atom stereocenters. The van der Waals surface area contributed by atoms with Gasteiger partial charge >= 0.3 is 0 Å². The van der Waals surface area contributed by atoms with Gasteiger partial charge < -0.3 is 10.0 Å². The highest BCUT2D eigenvalue weighted by Gasteiger charge is 2.25. The minimum Gasteiger partial charge on any atom is -0.391 e. The maximum absolute atomic E-state index is 12.4. The van der Waals surface area contributed by atoms with Crippen LogP contribution in [0.15, 0.2) is 24.3 Å². The van der Waals surface area contributed by atoms with Gasteiger partial charge in [0.15, 0.2) is 5.69 Å². The van der Waals surface area contributed by atoms with E-state index in [1.165, 1.54) is 0 Å². The molecule has 1 aromatic heterocycles. The molecule has 1 aromatic carbocycles. The van der Waals surface area contributed by atoms with E-state index in [4.69, 9.17) is 0 Å².